The third kappa shape index (κ3) is 8.80. The Bertz CT molecular complexity index is 312. The van der Waals surface area contributed by atoms with E-state index in [-0.39, 0.29) is 6.61 Å². The summed E-state index contributed by atoms with van der Waals surface area (Å²) in [6.07, 6.45) is 7.38. The van der Waals surface area contributed by atoms with Crippen molar-refractivity contribution in [2.24, 2.45) is 0 Å². The Labute approximate surface area is 152 Å². The normalized spacial score (nSPS) is 29.9. The Balaban J connectivity index is 1.99. The zero-order valence-corrected chi connectivity index (χ0v) is 15.9. The van der Waals surface area contributed by atoms with Crippen LogP contribution in [-0.4, -0.2) is 66.3 Å². The first kappa shape index (κ1) is 22.8. The molecule has 0 saturated carbocycles. The molecule has 0 aromatic rings. The molecule has 6 nitrogen and oxygen atoms in total. The van der Waals surface area contributed by atoms with Crippen LogP contribution in [0.5, 0.6) is 0 Å². The number of unbranched alkanes of at least 4 members (excludes halogenated alkanes) is 9. The second kappa shape index (κ2) is 13.9. The van der Waals surface area contributed by atoms with E-state index in [1.807, 2.05) is 0 Å². The number of aliphatic hydroxyl groups excluding tert-OH is 3. The van der Waals surface area contributed by atoms with Gasteiger partial charge in [0.25, 0.3) is 0 Å². The van der Waals surface area contributed by atoms with E-state index in [4.69, 9.17) is 14.2 Å². The van der Waals surface area contributed by atoms with Gasteiger partial charge in [-0.2, -0.15) is 0 Å². The fraction of sp³-hybridized carbons (Fsp3) is 1.00. The maximum atomic E-state index is 9.93. The van der Waals surface area contributed by atoms with Gasteiger partial charge in [0.15, 0.2) is 6.29 Å². The van der Waals surface area contributed by atoms with E-state index in [9.17, 15) is 15.3 Å². The van der Waals surface area contributed by atoms with Crippen molar-refractivity contribution < 1.29 is 29.5 Å². The summed E-state index contributed by atoms with van der Waals surface area (Å²) in [6, 6.07) is 0. The van der Waals surface area contributed by atoms with Gasteiger partial charge < -0.3 is 29.5 Å². The van der Waals surface area contributed by atoms with Crippen molar-refractivity contribution in [3.8, 4) is 0 Å². The minimum Gasteiger partial charge on any atom is -0.387 e. The highest BCUT2D eigenvalue weighted by Gasteiger charge is 2.43. The van der Waals surface area contributed by atoms with Gasteiger partial charge in [-0.1, -0.05) is 64.7 Å². The Morgan fingerprint density at radius 1 is 0.760 bits per heavy atom. The molecule has 0 radical (unpaired) electrons. The van der Waals surface area contributed by atoms with Gasteiger partial charge in [0, 0.05) is 13.7 Å². The third-order valence-electron chi connectivity index (χ3n) is 4.83. The Morgan fingerprint density at radius 2 is 1.32 bits per heavy atom. The Kier molecular flexibility index (Phi) is 12.7. The molecule has 0 spiro atoms. The molecular weight excluding hydrogens is 324 g/mol. The lowest BCUT2D eigenvalue weighted by Gasteiger charge is -2.39. The van der Waals surface area contributed by atoms with E-state index >= 15 is 0 Å². The van der Waals surface area contributed by atoms with Crippen molar-refractivity contribution in [1.82, 2.24) is 0 Å². The standard InChI is InChI=1S/C19H38O6/c1-3-4-5-6-7-8-9-10-11-12-13-24-14-15-16(20)17(21)18(22)19(23-2)25-15/h15-22H,3-14H2,1-2H3/t15-,16-,17+,18-,19?/m1/s1. The first-order valence-corrected chi connectivity index (χ1v) is 9.92. The molecule has 150 valence electrons. The number of hydrogen-bond acceptors (Lipinski definition) is 6. The highest BCUT2D eigenvalue weighted by molar-refractivity contribution is 4.88. The van der Waals surface area contributed by atoms with Gasteiger partial charge in [0.05, 0.1) is 6.61 Å². The minimum atomic E-state index is -1.29. The van der Waals surface area contributed by atoms with Gasteiger partial charge in [-0.25, -0.2) is 0 Å². The highest BCUT2D eigenvalue weighted by Crippen LogP contribution is 2.22. The molecule has 25 heavy (non-hydrogen) atoms. The lowest BCUT2D eigenvalue weighted by atomic mass is 9.99. The first-order chi connectivity index (χ1) is 12.1. The van der Waals surface area contributed by atoms with Crippen molar-refractivity contribution in [2.75, 3.05) is 20.3 Å². The van der Waals surface area contributed by atoms with Crippen LogP contribution in [0, 0.1) is 0 Å². The summed E-state index contributed by atoms with van der Waals surface area (Å²) in [6.45, 7) is 3.03. The predicted molar refractivity (Wildman–Crippen MR) is 96.4 cm³/mol. The van der Waals surface area contributed by atoms with Gasteiger partial charge in [-0.3, -0.25) is 0 Å². The van der Waals surface area contributed by atoms with E-state index in [1.165, 1.54) is 58.5 Å². The predicted octanol–water partition coefficient (Wildman–Crippen LogP) is 2.38. The molecule has 0 amide bonds. The van der Waals surface area contributed by atoms with Gasteiger partial charge >= 0.3 is 0 Å². The summed E-state index contributed by atoms with van der Waals surface area (Å²) in [5.74, 6) is 0. The SMILES string of the molecule is CCCCCCCCCCCCOC[C@H]1OC(OC)[C@H](O)[C@@H](O)[C@@H]1O. The largest absolute Gasteiger partial charge is 0.387 e. The summed E-state index contributed by atoms with van der Waals surface area (Å²) in [5, 5.41) is 29.4. The smallest absolute Gasteiger partial charge is 0.186 e. The number of hydrogen-bond donors (Lipinski definition) is 3. The van der Waals surface area contributed by atoms with E-state index in [0.717, 1.165) is 12.8 Å². The molecule has 6 heteroatoms. The van der Waals surface area contributed by atoms with Crippen molar-refractivity contribution in [2.45, 2.75) is 102 Å². The minimum absolute atomic E-state index is 0.183. The first-order valence-electron chi connectivity index (χ1n) is 9.92. The second-order valence-electron chi connectivity index (χ2n) is 7.01. The molecule has 0 aromatic carbocycles. The van der Waals surface area contributed by atoms with E-state index < -0.39 is 30.7 Å². The van der Waals surface area contributed by atoms with Crippen molar-refractivity contribution in [1.29, 1.82) is 0 Å². The van der Waals surface area contributed by atoms with Crippen LogP contribution in [0.15, 0.2) is 0 Å². The van der Waals surface area contributed by atoms with E-state index in [1.54, 1.807) is 0 Å². The average molecular weight is 363 g/mol. The van der Waals surface area contributed by atoms with Crippen LogP contribution in [0.4, 0.5) is 0 Å². The van der Waals surface area contributed by atoms with Crippen LogP contribution in [0.3, 0.4) is 0 Å². The zero-order chi connectivity index (χ0) is 18.5. The lowest BCUT2D eigenvalue weighted by Crippen LogP contribution is -2.59. The van der Waals surface area contributed by atoms with Crippen LogP contribution in [0.1, 0.15) is 71.1 Å². The van der Waals surface area contributed by atoms with Crippen LogP contribution in [-0.2, 0) is 14.2 Å². The van der Waals surface area contributed by atoms with Crippen LogP contribution < -0.4 is 0 Å². The van der Waals surface area contributed by atoms with Gasteiger partial charge in [-0.05, 0) is 6.42 Å². The topological polar surface area (TPSA) is 88.4 Å². The fourth-order valence-electron chi connectivity index (χ4n) is 3.14. The zero-order valence-electron chi connectivity index (χ0n) is 15.9. The van der Waals surface area contributed by atoms with Crippen LogP contribution >= 0.6 is 0 Å². The molecule has 0 aromatic heterocycles. The highest BCUT2D eigenvalue weighted by atomic mass is 16.7. The Hall–Kier alpha value is -0.240. The average Bonchev–Trinajstić information content (AvgIpc) is 2.62. The molecule has 1 aliphatic rings. The maximum Gasteiger partial charge on any atom is 0.186 e. The monoisotopic (exact) mass is 362 g/mol. The molecule has 3 N–H and O–H groups in total. The summed E-state index contributed by atoms with van der Waals surface area (Å²) >= 11 is 0. The second-order valence-corrected chi connectivity index (χ2v) is 7.01. The molecule has 1 heterocycles. The Morgan fingerprint density at radius 3 is 1.88 bits per heavy atom. The molecular formula is C19H38O6. The molecule has 1 aliphatic heterocycles. The summed E-state index contributed by atoms with van der Waals surface area (Å²) in [7, 11) is 1.39. The van der Waals surface area contributed by atoms with E-state index in [0.29, 0.717) is 6.61 Å². The van der Waals surface area contributed by atoms with Gasteiger partial charge in [0.2, 0.25) is 0 Å². The van der Waals surface area contributed by atoms with Crippen molar-refractivity contribution in [3.63, 3.8) is 0 Å². The molecule has 0 bridgehead atoms. The third-order valence-corrected chi connectivity index (χ3v) is 4.83. The molecule has 0 aliphatic carbocycles. The van der Waals surface area contributed by atoms with Gasteiger partial charge in [0.1, 0.15) is 24.4 Å². The van der Waals surface area contributed by atoms with Crippen LogP contribution in [0.2, 0.25) is 0 Å². The number of rotatable bonds is 14. The number of methoxy groups -OCH3 is 1. The maximum absolute atomic E-state index is 9.93. The fourth-order valence-corrected chi connectivity index (χ4v) is 3.14. The summed E-state index contributed by atoms with van der Waals surface area (Å²) < 4.78 is 15.9. The van der Waals surface area contributed by atoms with E-state index in [2.05, 4.69) is 6.92 Å². The molecule has 1 fully saturated rings. The number of ether oxygens (including phenoxy) is 3. The van der Waals surface area contributed by atoms with Gasteiger partial charge in [-0.15, -0.1) is 0 Å². The van der Waals surface area contributed by atoms with Crippen LogP contribution in [0.25, 0.3) is 0 Å². The molecule has 1 saturated heterocycles. The molecule has 1 rings (SSSR count). The quantitative estimate of drug-likeness (QED) is 0.411. The summed E-state index contributed by atoms with van der Waals surface area (Å²) in [5.41, 5.74) is 0. The van der Waals surface area contributed by atoms with Crippen molar-refractivity contribution in [3.05, 3.63) is 0 Å². The molecule has 1 unspecified atom stereocenters. The summed E-state index contributed by atoms with van der Waals surface area (Å²) in [4.78, 5) is 0. The van der Waals surface area contributed by atoms with Crippen molar-refractivity contribution >= 4 is 0 Å². The number of aliphatic hydroxyl groups is 3. The lowest BCUT2D eigenvalue weighted by molar-refractivity contribution is -0.296. The molecule has 5 atom stereocenters.